The molecule has 19 heavy (non-hydrogen) atoms. The molecular formula is C16H27N3. The molecule has 1 aromatic rings. The smallest absolute Gasteiger partial charge is 0.0236 e. The topological polar surface area (TPSA) is 32.5 Å². The van der Waals surface area contributed by atoms with Gasteiger partial charge in [0.1, 0.15) is 0 Å². The molecule has 0 aromatic heterocycles. The van der Waals surface area contributed by atoms with Crippen LogP contribution in [0.4, 0.5) is 0 Å². The highest BCUT2D eigenvalue weighted by molar-refractivity contribution is 5.14. The zero-order chi connectivity index (χ0) is 13.5. The number of nitrogens with two attached hydrogens (primary N) is 1. The summed E-state index contributed by atoms with van der Waals surface area (Å²) in [5.74, 6) is 0. The molecule has 1 fully saturated rings. The van der Waals surface area contributed by atoms with Crippen LogP contribution in [0.15, 0.2) is 30.3 Å². The highest BCUT2D eigenvalue weighted by Crippen LogP contribution is 2.18. The van der Waals surface area contributed by atoms with E-state index in [9.17, 15) is 0 Å². The van der Waals surface area contributed by atoms with E-state index < -0.39 is 0 Å². The van der Waals surface area contributed by atoms with Gasteiger partial charge in [0.25, 0.3) is 0 Å². The summed E-state index contributed by atoms with van der Waals surface area (Å²) in [6.45, 7) is 8.73. The molecule has 0 bridgehead atoms. The molecular weight excluding hydrogens is 234 g/mol. The molecule has 0 atom stereocenters. The molecule has 0 radical (unpaired) electrons. The summed E-state index contributed by atoms with van der Waals surface area (Å²) < 4.78 is 0. The number of nitrogens with zero attached hydrogens (tertiary/aromatic N) is 2. The second kappa shape index (κ2) is 7.63. The van der Waals surface area contributed by atoms with Gasteiger partial charge in [0.15, 0.2) is 0 Å². The maximum Gasteiger partial charge on any atom is 0.0236 e. The Balaban J connectivity index is 1.85. The van der Waals surface area contributed by atoms with Crippen LogP contribution in [0.25, 0.3) is 0 Å². The molecule has 1 aliphatic heterocycles. The number of rotatable bonds is 6. The number of hydrogen-bond donors (Lipinski definition) is 1. The minimum atomic E-state index is 0.735. The van der Waals surface area contributed by atoms with Crippen LogP contribution in [0.5, 0.6) is 0 Å². The van der Waals surface area contributed by atoms with Crippen molar-refractivity contribution in [1.82, 2.24) is 9.80 Å². The third-order valence-corrected chi connectivity index (χ3v) is 4.15. The van der Waals surface area contributed by atoms with Gasteiger partial charge < -0.3 is 10.6 Å². The van der Waals surface area contributed by atoms with E-state index in [1.54, 1.807) is 0 Å². The predicted octanol–water partition coefficient (Wildman–Crippen LogP) is 1.93. The Morgan fingerprint density at radius 2 is 1.89 bits per heavy atom. The fourth-order valence-corrected chi connectivity index (χ4v) is 3.01. The molecule has 0 saturated carbocycles. The third kappa shape index (κ3) is 4.30. The first-order chi connectivity index (χ1) is 9.33. The summed E-state index contributed by atoms with van der Waals surface area (Å²) in [6.07, 6.45) is 2.56. The first kappa shape index (κ1) is 14.5. The van der Waals surface area contributed by atoms with Crippen LogP contribution in [0.3, 0.4) is 0 Å². The first-order valence-electron chi connectivity index (χ1n) is 7.54. The molecule has 2 rings (SSSR count). The number of benzene rings is 1. The van der Waals surface area contributed by atoms with Crippen LogP contribution < -0.4 is 5.73 Å². The molecule has 1 aromatic carbocycles. The molecule has 3 heteroatoms. The Kier molecular flexibility index (Phi) is 5.83. The van der Waals surface area contributed by atoms with Gasteiger partial charge in [-0.3, -0.25) is 4.90 Å². The number of piperidine rings is 1. The second-order valence-electron chi connectivity index (χ2n) is 5.41. The first-order valence-corrected chi connectivity index (χ1v) is 7.54. The Labute approximate surface area is 117 Å². The lowest BCUT2D eigenvalue weighted by atomic mass is 10.0. The van der Waals surface area contributed by atoms with E-state index in [0.717, 1.165) is 32.2 Å². The van der Waals surface area contributed by atoms with E-state index >= 15 is 0 Å². The van der Waals surface area contributed by atoms with Crippen molar-refractivity contribution in [1.29, 1.82) is 0 Å². The second-order valence-corrected chi connectivity index (χ2v) is 5.41. The molecule has 0 amide bonds. The van der Waals surface area contributed by atoms with Crippen LogP contribution in [0.2, 0.25) is 0 Å². The van der Waals surface area contributed by atoms with Gasteiger partial charge in [-0.1, -0.05) is 37.3 Å². The predicted molar refractivity (Wildman–Crippen MR) is 81.0 cm³/mol. The van der Waals surface area contributed by atoms with Crippen LogP contribution in [-0.2, 0) is 6.54 Å². The van der Waals surface area contributed by atoms with Crippen molar-refractivity contribution >= 4 is 0 Å². The third-order valence-electron chi connectivity index (χ3n) is 4.15. The van der Waals surface area contributed by atoms with Crippen molar-refractivity contribution in [2.75, 3.05) is 32.7 Å². The standard InChI is InChI=1S/C16H27N3/c1-2-19(14-15-6-4-3-5-7-15)16-8-11-18(12-9-16)13-10-17/h3-7,16H,2,8-14,17H2,1H3. The summed E-state index contributed by atoms with van der Waals surface area (Å²) in [5, 5.41) is 0. The zero-order valence-corrected chi connectivity index (χ0v) is 12.1. The average Bonchev–Trinajstić information content (AvgIpc) is 2.47. The summed E-state index contributed by atoms with van der Waals surface area (Å²) in [7, 11) is 0. The lowest BCUT2D eigenvalue weighted by Crippen LogP contribution is -2.45. The van der Waals surface area contributed by atoms with Crippen molar-refractivity contribution in [3.05, 3.63) is 35.9 Å². The molecule has 0 spiro atoms. The Morgan fingerprint density at radius 3 is 2.47 bits per heavy atom. The van der Waals surface area contributed by atoms with Crippen molar-refractivity contribution in [2.24, 2.45) is 5.73 Å². The monoisotopic (exact) mass is 261 g/mol. The maximum atomic E-state index is 5.63. The highest BCUT2D eigenvalue weighted by atomic mass is 15.2. The van der Waals surface area contributed by atoms with E-state index in [-0.39, 0.29) is 0 Å². The van der Waals surface area contributed by atoms with Gasteiger partial charge in [0.05, 0.1) is 0 Å². The van der Waals surface area contributed by atoms with Gasteiger partial charge in [-0.05, 0) is 38.0 Å². The van der Waals surface area contributed by atoms with Crippen LogP contribution in [0, 0.1) is 0 Å². The van der Waals surface area contributed by atoms with E-state index in [2.05, 4.69) is 47.1 Å². The summed E-state index contributed by atoms with van der Waals surface area (Å²) in [6, 6.07) is 11.5. The van der Waals surface area contributed by atoms with Crippen LogP contribution in [0.1, 0.15) is 25.3 Å². The SMILES string of the molecule is CCN(Cc1ccccc1)C1CCN(CCN)CC1. The lowest BCUT2D eigenvalue weighted by Gasteiger charge is -2.38. The number of hydrogen-bond acceptors (Lipinski definition) is 3. The van der Waals surface area contributed by atoms with Gasteiger partial charge in [-0.15, -0.1) is 0 Å². The fourth-order valence-electron chi connectivity index (χ4n) is 3.01. The van der Waals surface area contributed by atoms with Crippen molar-refractivity contribution in [3.63, 3.8) is 0 Å². The molecule has 1 heterocycles. The minimum Gasteiger partial charge on any atom is -0.329 e. The minimum absolute atomic E-state index is 0.735. The van der Waals surface area contributed by atoms with E-state index in [1.807, 2.05) is 0 Å². The van der Waals surface area contributed by atoms with Gasteiger partial charge in [0.2, 0.25) is 0 Å². The number of likely N-dealkylation sites (tertiary alicyclic amines) is 1. The van der Waals surface area contributed by atoms with Crippen molar-refractivity contribution in [3.8, 4) is 0 Å². The van der Waals surface area contributed by atoms with Crippen LogP contribution in [-0.4, -0.2) is 48.6 Å². The molecule has 0 aliphatic carbocycles. The molecule has 106 valence electrons. The molecule has 2 N–H and O–H groups in total. The van der Waals surface area contributed by atoms with Gasteiger partial charge in [0, 0.05) is 25.7 Å². The van der Waals surface area contributed by atoms with Crippen molar-refractivity contribution < 1.29 is 0 Å². The lowest BCUT2D eigenvalue weighted by molar-refractivity contribution is 0.108. The zero-order valence-electron chi connectivity index (χ0n) is 12.1. The highest BCUT2D eigenvalue weighted by Gasteiger charge is 2.23. The van der Waals surface area contributed by atoms with Gasteiger partial charge in [-0.25, -0.2) is 0 Å². The summed E-state index contributed by atoms with van der Waals surface area (Å²) in [5.41, 5.74) is 7.05. The van der Waals surface area contributed by atoms with E-state index in [0.29, 0.717) is 0 Å². The Bertz CT molecular complexity index is 344. The largest absolute Gasteiger partial charge is 0.329 e. The Hall–Kier alpha value is -0.900. The van der Waals surface area contributed by atoms with E-state index in [4.69, 9.17) is 5.73 Å². The van der Waals surface area contributed by atoms with Gasteiger partial charge in [-0.2, -0.15) is 0 Å². The van der Waals surface area contributed by atoms with Gasteiger partial charge >= 0.3 is 0 Å². The molecule has 1 aliphatic rings. The average molecular weight is 261 g/mol. The normalized spacial score (nSPS) is 18.1. The Morgan fingerprint density at radius 1 is 1.21 bits per heavy atom. The van der Waals surface area contributed by atoms with Crippen LogP contribution >= 0.6 is 0 Å². The molecule has 1 saturated heterocycles. The fraction of sp³-hybridized carbons (Fsp3) is 0.625. The maximum absolute atomic E-state index is 5.63. The quantitative estimate of drug-likeness (QED) is 0.849. The molecule has 3 nitrogen and oxygen atoms in total. The summed E-state index contributed by atoms with van der Waals surface area (Å²) >= 11 is 0. The van der Waals surface area contributed by atoms with Crippen molar-refractivity contribution in [2.45, 2.75) is 32.4 Å². The molecule has 0 unspecified atom stereocenters. The van der Waals surface area contributed by atoms with E-state index in [1.165, 1.54) is 31.5 Å². The summed E-state index contributed by atoms with van der Waals surface area (Å²) in [4.78, 5) is 5.11.